The predicted molar refractivity (Wildman–Crippen MR) is 99.9 cm³/mol. The van der Waals surface area contributed by atoms with E-state index in [1.54, 1.807) is 24.3 Å². The van der Waals surface area contributed by atoms with Crippen LogP contribution < -0.4 is 10.6 Å². The van der Waals surface area contributed by atoms with Crippen LogP contribution in [0, 0.1) is 18.6 Å². The Morgan fingerprint density at radius 2 is 1.44 bits per heavy atom. The first-order chi connectivity index (χ1) is 13.0. The van der Waals surface area contributed by atoms with Crippen LogP contribution in [0.5, 0.6) is 0 Å². The van der Waals surface area contributed by atoms with Gasteiger partial charge in [-0.25, -0.2) is 8.78 Å². The summed E-state index contributed by atoms with van der Waals surface area (Å²) in [5.74, 6) is -3.64. The zero-order valence-corrected chi connectivity index (χ0v) is 14.4. The lowest BCUT2D eigenvalue weighted by Gasteiger charge is -2.12. The molecule has 0 unspecified atom stereocenters. The van der Waals surface area contributed by atoms with E-state index in [9.17, 15) is 18.4 Å². The molecule has 0 aliphatic heterocycles. The van der Waals surface area contributed by atoms with Gasteiger partial charge in [0.05, 0.1) is 16.8 Å². The highest BCUT2D eigenvalue weighted by Crippen LogP contribution is 2.20. The zero-order chi connectivity index (χ0) is 19.4. The minimum Gasteiger partial charge on any atom is -0.322 e. The van der Waals surface area contributed by atoms with Crippen LogP contribution in [0.15, 0.2) is 66.7 Å². The van der Waals surface area contributed by atoms with E-state index in [1.807, 2.05) is 19.1 Å². The monoisotopic (exact) mass is 366 g/mol. The number of amides is 2. The number of para-hydroxylation sites is 1. The van der Waals surface area contributed by atoms with E-state index >= 15 is 0 Å². The van der Waals surface area contributed by atoms with Gasteiger partial charge < -0.3 is 10.6 Å². The van der Waals surface area contributed by atoms with Gasteiger partial charge in [-0.15, -0.1) is 0 Å². The molecule has 0 heterocycles. The number of carbonyl (C=O) groups excluding carboxylic acids is 2. The summed E-state index contributed by atoms with van der Waals surface area (Å²) < 4.78 is 27.2. The van der Waals surface area contributed by atoms with Gasteiger partial charge in [0.1, 0.15) is 0 Å². The third kappa shape index (κ3) is 4.17. The maximum atomic E-state index is 13.8. The fourth-order valence-corrected chi connectivity index (χ4v) is 2.58. The Labute approximate surface area is 154 Å². The highest BCUT2D eigenvalue weighted by atomic mass is 19.2. The molecule has 0 radical (unpaired) electrons. The quantitative estimate of drug-likeness (QED) is 0.698. The molecule has 2 N–H and O–H groups in total. The molecule has 3 rings (SSSR count). The number of anilines is 2. The van der Waals surface area contributed by atoms with Gasteiger partial charge in [-0.3, -0.25) is 9.59 Å². The van der Waals surface area contributed by atoms with Gasteiger partial charge in [-0.1, -0.05) is 30.3 Å². The van der Waals surface area contributed by atoms with Crippen molar-refractivity contribution in [2.75, 3.05) is 10.6 Å². The Kier molecular flexibility index (Phi) is 5.26. The number of nitrogens with one attached hydrogen (secondary N) is 2. The molecule has 0 spiro atoms. The van der Waals surface area contributed by atoms with Gasteiger partial charge in [0.25, 0.3) is 11.8 Å². The van der Waals surface area contributed by atoms with Crippen molar-refractivity contribution in [2.24, 2.45) is 0 Å². The first-order valence-electron chi connectivity index (χ1n) is 8.18. The SMILES string of the molecule is Cc1cccc(NC(=O)c2ccccc2NC(=O)c2cccc(F)c2F)c1. The van der Waals surface area contributed by atoms with Crippen LogP contribution in [0.2, 0.25) is 0 Å². The second-order valence-electron chi connectivity index (χ2n) is 5.92. The van der Waals surface area contributed by atoms with E-state index in [0.717, 1.165) is 11.6 Å². The van der Waals surface area contributed by atoms with E-state index in [4.69, 9.17) is 0 Å². The van der Waals surface area contributed by atoms with Crippen LogP contribution in [-0.2, 0) is 0 Å². The van der Waals surface area contributed by atoms with Gasteiger partial charge in [0, 0.05) is 5.69 Å². The lowest BCUT2D eigenvalue weighted by Crippen LogP contribution is -2.19. The maximum Gasteiger partial charge on any atom is 0.258 e. The molecule has 0 atom stereocenters. The van der Waals surface area contributed by atoms with Crippen LogP contribution in [0.4, 0.5) is 20.2 Å². The topological polar surface area (TPSA) is 58.2 Å². The highest BCUT2D eigenvalue weighted by molar-refractivity contribution is 6.12. The molecule has 3 aromatic carbocycles. The molecule has 0 bridgehead atoms. The van der Waals surface area contributed by atoms with Crippen LogP contribution in [0.25, 0.3) is 0 Å². The van der Waals surface area contributed by atoms with Crippen molar-refractivity contribution in [3.63, 3.8) is 0 Å². The van der Waals surface area contributed by atoms with E-state index in [-0.39, 0.29) is 11.3 Å². The van der Waals surface area contributed by atoms with Gasteiger partial charge in [-0.05, 0) is 48.9 Å². The third-order valence-corrected chi connectivity index (χ3v) is 3.89. The average molecular weight is 366 g/mol. The highest BCUT2D eigenvalue weighted by Gasteiger charge is 2.18. The number of rotatable bonds is 4. The van der Waals surface area contributed by atoms with Crippen molar-refractivity contribution in [1.82, 2.24) is 0 Å². The van der Waals surface area contributed by atoms with Crippen LogP contribution in [0.1, 0.15) is 26.3 Å². The lowest BCUT2D eigenvalue weighted by molar-refractivity contribution is 0.102. The molecule has 0 saturated carbocycles. The Bertz CT molecular complexity index is 1020. The molecule has 0 saturated heterocycles. The first kappa shape index (κ1) is 18.3. The second kappa shape index (κ2) is 7.78. The molecule has 136 valence electrons. The number of hydrogen-bond acceptors (Lipinski definition) is 2. The fraction of sp³-hybridized carbons (Fsp3) is 0.0476. The lowest BCUT2D eigenvalue weighted by atomic mass is 10.1. The summed E-state index contributed by atoms with van der Waals surface area (Å²) in [6.07, 6.45) is 0. The summed E-state index contributed by atoms with van der Waals surface area (Å²) in [6, 6.07) is 16.9. The number of halogens is 2. The number of benzene rings is 3. The van der Waals surface area contributed by atoms with Crippen molar-refractivity contribution < 1.29 is 18.4 Å². The molecular formula is C21H16F2N2O2. The number of hydrogen-bond donors (Lipinski definition) is 2. The van der Waals surface area contributed by atoms with E-state index in [2.05, 4.69) is 10.6 Å². The summed E-state index contributed by atoms with van der Waals surface area (Å²) >= 11 is 0. The Morgan fingerprint density at radius 1 is 0.778 bits per heavy atom. The molecule has 3 aromatic rings. The molecular weight excluding hydrogens is 350 g/mol. The van der Waals surface area contributed by atoms with E-state index in [1.165, 1.54) is 24.3 Å². The van der Waals surface area contributed by atoms with Gasteiger partial charge >= 0.3 is 0 Å². The van der Waals surface area contributed by atoms with Crippen LogP contribution in [-0.4, -0.2) is 11.8 Å². The van der Waals surface area contributed by atoms with Crippen molar-refractivity contribution in [2.45, 2.75) is 6.92 Å². The zero-order valence-electron chi connectivity index (χ0n) is 14.4. The van der Waals surface area contributed by atoms with Crippen LogP contribution in [0.3, 0.4) is 0 Å². The molecule has 0 fully saturated rings. The number of carbonyl (C=O) groups is 2. The van der Waals surface area contributed by atoms with Crippen molar-refractivity contribution in [1.29, 1.82) is 0 Å². The molecule has 0 aliphatic rings. The summed E-state index contributed by atoms with van der Waals surface area (Å²) in [7, 11) is 0. The Hall–Kier alpha value is -3.54. The first-order valence-corrected chi connectivity index (χ1v) is 8.18. The normalized spacial score (nSPS) is 10.3. The average Bonchev–Trinajstić information content (AvgIpc) is 2.64. The Balaban J connectivity index is 1.84. The summed E-state index contributed by atoms with van der Waals surface area (Å²) in [5.41, 5.74) is 1.54. The third-order valence-electron chi connectivity index (χ3n) is 3.89. The van der Waals surface area contributed by atoms with Gasteiger partial charge in [0.15, 0.2) is 11.6 Å². The van der Waals surface area contributed by atoms with E-state index < -0.39 is 29.0 Å². The summed E-state index contributed by atoms with van der Waals surface area (Å²) in [4.78, 5) is 24.9. The predicted octanol–water partition coefficient (Wildman–Crippen LogP) is 4.78. The standard InChI is InChI=1S/C21H16F2N2O2/c1-13-6-4-7-14(12-13)24-20(26)15-8-2-3-11-18(15)25-21(27)16-9-5-10-17(22)19(16)23/h2-12H,1H3,(H,24,26)(H,25,27). The van der Waals surface area contributed by atoms with Crippen molar-refractivity contribution in [3.8, 4) is 0 Å². The molecule has 6 heteroatoms. The molecule has 0 aliphatic carbocycles. The van der Waals surface area contributed by atoms with Crippen molar-refractivity contribution in [3.05, 3.63) is 95.1 Å². The second-order valence-corrected chi connectivity index (χ2v) is 5.92. The van der Waals surface area contributed by atoms with E-state index in [0.29, 0.717) is 5.69 Å². The van der Waals surface area contributed by atoms with Gasteiger partial charge in [0.2, 0.25) is 0 Å². The minimum atomic E-state index is -1.24. The largest absolute Gasteiger partial charge is 0.322 e. The molecule has 2 amide bonds. The molecule has 4 nitrogen and oxygen atoms in total. The molecule has 0 aromatic heterocycles. The van der Waals surface area contributed by atoms with Crippen LogP contribution >= 0.6 is 0 Å². The molecule has 27 heavy (non-hydrogen) atoms. The fourth-order valence-electron chi connectivity index (χ4n) is 2.58. The minimum absolute atomic E-state index is 0.191. The summed E-state index contributed by atoms with van der Waals surface area (Å²) in [6.45, 7) is 1.90. The van der Waals surface area contributed by atoms with Crippen molar-refractivity contribution >= 4 is 23.2 Å². The number of aryl methyl sites for hydroxylation is 1. The van der Waals surface area contributed by atoms with Gasteiger partial charge in [-0.2, -0.15) is 0 Å². The maximum absolute atomic E-state index is 13.8. The summed E-state index contributed by atoms with van der Waals surface area (Å²) in [5, 5.41) is 5.22. The smallest absolute Gasteiger partial charge is 0.258 e. The Morgan fingerprint density at radius 3 is 2.22 bits per heavy atom.